The summed E-state index contributed by atoms with van der Waals surface area (Å²) in [5.74, 6) is -0.172. The zero-order valence-corrected chi connectivity index (χ0v) is 15.4. The number of ether oxygens (including phenoxy) is 1. The molecule has 136 valence electrons. The van der Waals surface area contributed by atoms with E-state index in [4.69, 9.17) is 10.5 Å². The number of anilines is 2. The molecule has 1 aliphatic rings. The summed E-state index contributed by atoms with van der Waals surface area (Å²) in [6, 6.07) is 4.44. The molecule has 0 bridgehead atoms. The highest BCUT2D eigenvalue weighted by molar-refractivity contribution is 7.92. The Labute approximate surface area is 148 Å². The van der Waals surface area contributed by atoms with E-state index in [9.17, 15) is 13.2 Å². The quantitative estimate of drug-likeness (QED) is 0.719. The molecule has 0 spiro atoms. The van der Waals surface area contributed by atoms with Crippen molar-refractivity contribution < 1.29 is 17.9 Å². The third-order valence-corrected chi connectivity index (χ3v) is 4.47. The van der Waals surface area contributed by atoms with Gasteiger partial charge < -0.3 is 15.8 Å². The molecule has 1 unspecified atom stereocenters. The number of carbonyl (C=O) groups is 1. The highest BCUT2D eigenvalue weighted by atomic mass is 35.5. The molecule has 7 nitrogen and oxygen atoms in total. The van der Waals surface area contributed by atoms with Crippen LogP contribution in [0.25, 0.3) is 0 Å². The molecule has 0 aromatic heterocycles. The molecule has 1 saturated heterocycles. The van der Waals surface area contributed by atoms with Crippen LogP contribution in [0, 0.1) is 12.8 Å². The van der Waals surface area contributed by atoms with E-state index in [-0.39, 0.29) is 24.2 Å². The Morgan fingerprint density at radius 2 is 1.96 bits per heavy atom. The van der Waals surface area contributed by atoms with Crippen molar-refractivity contribution in [3.63, 3.8) is 0 Å². The number of sulfonamides is 1. The lowest BCUT2D eigenvalue weighted by molar-refractivity contribution is -0.119. The van der Waals surface area contributed by atoms with E-state index in [1.807, 2.05) is 0 Å². The molecule has 1 aromatic rings. The third-order valence-electron chi connectivity index (χ3n) is 3.88. The highest BCUT2D eigenvalue weighted by Crippen LogP contribution is 2.23. The average molecular weight is 378 g/mol. The van der Waals surface area contributed by atoms with Crippen molar-refractivity contribution >= 4 is 39.7 Å². The van der Waals surface area contributed by atoms with E-state index in [1.54, 1.807) is 25.1 Å². The predicted octanol–water partition coefficient (Wildman–Crippen LogP) is 1.48. The molecule has 9 heteroatoms. The van der Waals surface area contributed by atoms with Gasteiger partial charge in [-0.1, -0.05) is 6.07 Å². The summed E-state index contributed by atoms with van der Waals surface area (Å²) in [7, 11) is -3.38. The fourth-order valence-corrected chi connectivity index (χ4v) is 3.14. The van der Waals surface area contributed by atoms with Crippen molar-refractivity contribution in [2.45, 2.75) is 25.8 Å². The number of benzene rings is 1. The van der Waals surface area contributed by atoms with Gasteiger partial charge in [0, 0.05) is 18.9 Å². The molecule has 1 amide bonds. The third kappa shape index (κ3) is 5.94. The molecule has 24 heavy (non-hydrogen) atoms. The number of hydrogen-bond acceptors (Lipinski definition) is 5. The zero-order valence-electron chi connectivity index (χ0n) is 13.7. The Morgan fingerprint density at radius 3 is 2.54 bits per heavy atom. The van der Waals surface area contributed by atoms with E-state index < -0.39 is 16.1 Å². The van der Waals surface area contributed by atoms with Gasteiger partial charge in [-0.2, -0.15) is 0 Å². The second kappa shape index (κ2) is 8.66. The number of rotatable bonds is 5. The molecule has 0 aliphatic carbocycles. The van der Waals surface area contributed by atoms with Gasteiger partial charge in [-0.05, 0) is 43.4 Å². The largest absolute Gasteiger partial charge is 0.381 e. The summed E-state index contributed by atoms with van der Waals surface area (Å²) in [6.07, 6.45) is 2.62. The van der Waals surface area contributed by atoms with Gasteiger partial charge in [-0.25, -0.2) is 8.42 Å². The molecule has 1 aliphatic heterocycles. The van der Waals surface area contributed by atoms with Gasteiger partial charge in [0.15, 0.2) is 0 Å². The molecule has 2 rings (SSSR count). The number of aryl methyl sites for hydroxylation is 1. The number of halogens is 1. The maximum absolute atomic E-state index is 12.3. The van der Waals surface area contributed by atoms with Gasteiger partial charge in [0.1, 0.15) is 0 Å². The van der Waals surface area contributed by atoms with Crippen LogP contribution in [-0.4, -0.2) is 39.8 Å². The van der Waals surface area contributed by atoms with Crippen LogP contribution in [-0.2, 0) is 19.6 Å². The Balaban J connectivity index is 0.00000288. The van der Waals surface area contributed by atoms with Crippen molar-refractivity contribution in [2.24, 2.45) is 11.7 Å². The Hall–Kier alpha value is -1.35. The molecular weight excluding hydrogens is 354 g/mol. The molecule has 4 N–H and O–H groups in total. The fraction of sp³-hybridized carbons (Fsp3) is 0.533. The van der Waals surface area contributed by atoms with Crippen LogP contribution in [0.4, 0.5) is 11.4 Å². The first-order valence-electron chi connectivity index (χ1n) is 7.49. The zero-order chi connectivity index (χ0) is 17.0. The van der Waals surface area contributed by atoms with E-state index in [1.165, 1.54) is 0 Å². The monoisotopic (exact) mass is 377 g/mol. The van der Waals surface area contributed by atoms with Gasteiger partial charge in [0.05, 0.1) is 18.0 Å². The number of amides is 1. The summed E-state index contributed by atoms with van der Waals surface area (Å²) in [5, 5.41) is 2.75. The second-order valence-electron chi connectivity index (χ2n) is 5.87. The lowest BCUT2D eigenvalue weighted by atomic mass is 9.92. The number of carbonyl (C=O) groups excluding carboxylic acids is 1. The number of hydrogen-bond donors (Lipinski definition) is 3. The normalized spacial score (nSPS) is 16.8. The second-order valence-corrected chi connectivity index (χ2v) is 7.62. The standard InChI is InChI=1S/C15H23N3O4S.ClH/c1-10-3-4-12(9-13(10)18-23(2,20)21)17-15(19)14(16)11-5-7-22-8-6-11;/h3-4,9,11,14,18H,5-8,16H2,1-2H3,(H,17,19);1H. The molecule has 0 saturated carbocycles. The minimum atomic E-state index is -3.38. The van der Waals surface area contributed by atoms with E-state index >= 15 is 0 Å². The summed E-state index contributed by atoms with van der Waals surface area (Å²) >= 11 is 0. The van der Waals surface area contributed by atoms with E-state index in [2.05, 4.69) is 10.0 Å². The summed E-state index contributed by atoms with van der Waals surface area (Å²) < 4.78 is 30.4. The van der Waals surface area contributed by atoms with Crippen LogP contribution in [0.3, 0.4) is 0 Å². The first-order chi connectivity index (χ1) is 10.8. The number of nitrogens with two attached hydrogens (primary N) is 1. The van der Waals surface area contributed by atoms with E-state index in [0.29, 0.717) is 24.6 Å². The van der Waals surface area contributed by atoms with Crippen LogP contribution in [0.2, 0.25) is 0 Å². The van der Waals surface area contributed by atoms with E-state index in [0.717, 1.165) is 24.7 Å². The van der Waals surface area contributed by atoms with Gasteiger partial charge in [-0.3, -0.25) is 9.52 Å². The first kappa shape index (κ1) is 20.7. The van der Waals surface area contributed by atoms with Crippen molar-refractivity contribution in [3.8, 4) is 0 Å². The Bertz CT molecular complexity index is 675. The molecule has 1 heterocycles. The van der Waals surface area contributed by atoms with Crippen molar-refractivity contribution in [2.75, 3.05) is 29.5 Å². The Morgan fingerprint density at radius 1 is 1.33 bits per heavy atom. The van der Waals surface area contributed by atoms with Crippen LogP contribution >= 0.6 is 12.4 Å². The lowest BCUT2D eigenvalue weighted by Crippen LogP contribution is -2.44. The average Bonchev–Trinajstić information content (AvgIpc) is 2.49. The summed E-state index contributed by atoms with van der Waals surface area (Å²) in [6.45, 7) is 3.03. The molecule has 0 radical (unpaired) electrons. The topological polar surface area (TPSA) is 111 Å². The summed E-state index contributed by atoms with van der Waals surface area (Å²) in [4.78, 5) is 12.3. The number of nitrogens with one attached hydrogen (secondary N) is 2. The summed E-state index contributed by atoms with van der Waals surface area (Å²) in [5.41, 5.74) is 7.74. The maximum atomic E-state index is 12.3. The highest BCUT2D eigenvalue weighted by Gasteiger charge is 2.26. The van der Waals surface area contributed by atoms with Gasteiger partial charge >= 0.3 is 0 Å². The van der Waals surface area contributed by atoms with Crippen molar-refractivity contribution in [1.82, 2.24) is 0 Å². The van der Waals surface area contributed by atoms with Crippen LogP contribution in [0.1, 0.15) is 18.4 Å². The smallest absolute Gasteiger partial charge is 0.241 e. The first-order valence-corrected chi connectivity index (χ1v) is 9.38. The fourth-order valence-electron chi connectivity index (χ4n) is 2.52. The Kier molecular flexibility index (Phi) is 7.47. The SMILES string of the molecule is Cc1ccc(NC(=O)C(N)C2CCOCC2)cc1NS(C)(=O)=O.Cl. The van der Waals surface area contributed by atoms with Gasteiger partial charge in [0.25, 0.3) is 0 Å². The molecule has 1 fully saturated rings. The van der Waals surface area contributed by atoms with Crippen LogP contribution in [0.5, 0.6) is 0 Å². The minimum absolute atomic E-state index is 0. The van der Waals surface area contributed by atoms with Gasteiger partial charge in [-0.15, -0.1) is 12.4 Å². The molecule has 1 atom stereocenters. The van der Waals surface area contributed by atoms with Crippen LogP contribution < -0.4 is 15.8 Å². The maximum Gasteiger partial charge on any atom is 0.241 e. The molecular formula is C15H24ClN3O4S. The minimum Gasteiger partial charge on any atom is -0.381 e. The predicted molar refractivity (Wildman–Crippen MR) is 97.0 cm³/mol. The van der Waals surface area contributed by atoms with Crippen molar-refractivity contribution in [1.29, 1.82) is 0 Å². The van der Waals surface area contributed by atoms with Crippen molar-refractivity contribution in [3.05, 3.63) is 23.8 Å². The molecule has 1 aromatic carbocycles. The van der Waals surface area contributed by atoms with Crippen LogP contribution in [0.15, 0.2) is 18.2 Å². The van der Waals surface area contributed by atoms with Gasteiger partial charge in [0.2, 0.25) is 15.9 Å². The lowest BCUT2D eigenvalue weighted by Gasteiger charge is -2.26.